The number of hydrogen-bond donors (Lipinski definition) is 0. The first-order valence-corrected chi connectivity index (χ1v) is 7.45. The summed E-state index contributed by atoms with van der Waals surface area (Å²) in [5.74, 6) is 0.992. The van der Waals surface area contributed by atoms with Gasteiger partial charge >= 0.3 is 0 Å². The van der Waals surface area contributed by atoms with Crippen molar-refractivity contribution in [1.82, 2.24) is 15.1 Å². The molecule has 0 spiro atoms. The zero-order chi connectivity index (χ0) is 13.9. The van der Waals surface area contributed by atoms with Crippen molar-refractivity contribution in [2.75, 3.05) is 13.1 Å². The second-order valence-electron chi connectivity index (χ2n) is 4.64. The second kappa shape index (κ2) is 5.70. The van der Waals surface area contributed by atoms with E-state index in [1.165, 1.54) is 11.8 Å². The maximum absolute atomic E-state index is 12.2. The average molecular weight is 293 g/mol. The van der Waals surface area contributed by atoms with Crippen LogP contribution in [-0.4, -0.2) is 39.3 Å². The summed E-state index contributed by atoms with van der Waals surface area (Å²) in [7, 11) is 0. The SMILES string of the molecule is CC(Sc1nnc(-c2ccco2)o1)C(=O)N1CCCC1. The molecule has 0 N–H and O–H groups in total. The van der Waals surface area contributed by atoms with Gasteiger partial charge in [0.2, 0.25) is 5.91 Å². The van der Waals surface area contributed by atoms with Crippen molar-refractivity contribution >= 4 is 17.7 Å². The Morgan fingerprint density at radius 2 is 2.20 bits per heavy atom. The summed E-state index contributed by atoms with van der Waals surface area (Å²) >= 11 is 1.28. The van der Waals surface area contributed by atoms with Gasteiger partial charge in [0, 0.05) is 13.1 Å². The molecule has 0 saturated carbocycles. The molecule has 1 unspecified atom stereocenters. The fourth-order valence-electron chi connectivity index (χ4n) is 2.15. The first-order chi connectivity index (χ1) is 9.74. The molecule has 0 radical (unpaired) electrons. The molecular weight excluding hydrogens is 278 g/mol. The summed E-state index contributed by atoms with van der Waals surface area (Å²) in [5, 5.41) is 8.01. The van der Waals surface area contributed by atoms with Crippen LogP contribution < -0.4 is 0 Å². The lowest BCUT2D eigenvalue weighted by atomic mass is 10.4. The fourth-order valence-corrected chi connectivity index (χ4v) is 2.92. The number of furan rings is 1. The number of rotatable bonds is 4. The molecule has 0 bridgehead atoms. The summed E-state index contributed by atoms with van der Waals surface area (Å²) in [6, 6.07) is 3.51. The Balaban J connectivity index is 1.64. The van der Waals surface area contributed by atoms with Crippen LogP contribution in [0.25, 0.3) is 11.7 Å². The third-order valence-corrected chi connectivity index (χ3v) is 4.10. The minimum Gasteiger partial charge on any atom is -0.459 e. The second-order valence-corrected chi connectivity index (χ2v) is 5.93. The van der Waals surface area contributed by atoms with E-state index in [4.69, 9.17) is 8.83 Å². The van der Waals surface area contributed by atoms with Gasteiger partial charge in [0.1, 0.15) is 0 Å². The predicted molar refractivity (Wildman–Crippen MR) is 73.1 cm³/mol. The van der Waals surface area contributed by atoms with Crippen molar-refractivity contribution in [3.8, 4) is 11.7 Å². The highest BCUT2D eigenvalue weighted by atomic mass is 32.2. The van der Waals surface area contributed by atoms with Crippen LogP contribution in [0.2, 0.25) is 0 Å². The average Bonchev–Trinajstić information content (AvgIpc) is 3.19. The number of likely N-dealkylation sites (tertiary alicyclic amines) is 1. The Labute approximate surface area is 120 Å². The van der Waals surface area contributed by atoms with Crippen LogP contribution in [0.3, 0.4) is 0 Å². The summed E-state index contributed by atoms with van der Waals surface area (Å²) < 4.78 is 10.7. The van der Waals surface area contributed by atoms with E-state index in [-0.39, 0.29) is 11.2 Å². The smallest absolute Gasteiger partial charge is 0.284 e. The molecular formula is C13H15N3O3S. The van der Waals surface area contributed by atoms with E-state index in [0.717, 1.165) is 25.9 Å². The van der Waals surface area contributed by atoms with Crippen LogP contribution in [0.5, 0.6) is 0 Å². The molecule has 6 nitrogen and oxygen atoms in total. The van der Waals surface area contributed by atoms with Crippen LogP contribution >= 0.6 is 11.8 Å². The van der Waals surface area contributed by atoms with E-state index in [1.54, 1.807) is 18.4 Å². The molecule has 1 aliphatic rings. The number of hydrogen-bond acceptors (Lipinski definition) is 6. The lowest BCUT2D eigenvalue weighted by Crippen LogP contribution is -2.34. The molecule has 2 aromatic heterocycles. The van der Waals surface area contributed by atoms with E-state index in [1.807, 2.05) is 11.8 Å². The monoisotopic (exact) mass is 293 g/mol. The minimum atomic E-state index is -0.224. The van der Waals surface area contributed by atoms with E-state index in [9.17, 15) is 4.79 Å². The normalized spacial score (nSPS) is 16.6. The van der Waals surface area contributed by atoms with Gasteiger partial charge in [-0.2, -0.15) is 0 Å². The molecule has 20 heavy (non-hydrogen) atoms. The third-order valence-electron chi connectivity index (χ3n) is 3.18. The third kappa shape index (κ3) is 2.72. The topological polar surface area (TPSA) is 72.4 Å². The first kappa shape index (κ1) is 13.2. The van der Waals surface area contributed by atoms with Crippen molar-refractivity contribution in [2.24, 2.45) is 0 Å². The maximum Gasteiger partial charge on any atom is 0.284 e. The summed E-state index contributed by atoms with van der Waals surface area (Å²) in [6.07, 6.45) is 3.73. The Kier molecular flexibility index (Phi) is 3.77. The van der Waals surface area contributed by atoms with Crippen LogP contribution in [0.4, 0.5) is 0 Å². The lowest BCUT2D eigenvalue weighted by molar-refractivity contribution is -0.129. The molecule has 1 saturated heterocycles. The zero-order valence-corrected chi connectivity index (χ0v) is 11.9. The van der Waals surface area contributed by atoms with E-state index in [0.29, 0.717) is 16.9 Å². The molecule has 0 aromatic carbocycles. The largest absolute Gasteiger partial charge is 0.459 e. The van der Waals surface area contributed by atoms with Gasteiger partial charge < -0.3 is 13.7 Å². The molecule has 7 heteroatoms. The Morgan fingerprint density at radius 1 is 1.40 bits per heavy atom. The van der Waals surface area contributed by atoms with Crippen LogP contribution in [0, 0.1) is 0 Å². The molecule has 1 amide bonds. The van der Waals surface area contributed by atoms with Crippen molar-refractivity contribution < 1.29 is 13.6 Å². The summed E-state index contributed by atoms with van der Waals surface area (Å²) in [6.45, 7) is 3.57. The van der Waals surface area contributed by atoms with Crippen LogP contribution in [0.1, 0.15) is 19.8 Å². The Bertz CT molecular complexity index is 575. The van der Waals surface area contributed by atoms with E-state index >= 15 is 0 Å². The van der Waals surface area contributed by atoms with Crippen molar-refractivity contribution in [3.63, 3.8) is 0 Å². The Morgan fingerprint density at radius 3 is 2.90 bits per heavy atom. The first-order valence-electron chi connectivity index (χ1n) is 6.57. The molecule has 1 aliphatic heterocycles. The van der Waals surface area contributed by atoms with Gasteiger partial charge in [-0.05, 0) is 31.9 Å². The maximum atomic E-state index is 12.2. The fraction of sp³-hybridized carbons (Fsp3) is 0.462. The number of thioether (sulfide) groups is 1. The van der Waals surface area contributed by atoms with Gasteiger partial charge in [0.25, 0.3) is 11.1 Å². The molecule has 0 aliphatic carbocycles. The van der Waals surface area contributed by atoms with Gasteiger partial charge in [0.15, 0.2) is 5.76 Å². The van der Waals surface area contributed by atoms with Crippen molar-refractivity contribution in [3.05, 3.63) is 18.4 Å². The van der Waals surface area contributed by atoms with Crippen molar-refractivity contribution in [2.45, 2.75) is 30.2 Å². The lowest BCUT2D eigenvalue weighted by Gasteiger charge is -2.18. The highest BCUT2D eigenvalue weighted by molar-refractivity contribution is 8.00. The zero-order valence-electron chi connectivity index (χ0n) is 11.1. The molecule has 1 fully saturated rings. The highest BCUT2D eigenvalue weighted by Crippen LogP contribution is 2.27. The van der Waals surface area contributed by atoms with E-state index in [2.05, 4.69) is 10.2 Å². The minimum absolute atomic E-state index is 0.130. The number of aromatic nitrogens is 2. The predicted octanol–water partition coefficient (Wildman–Crippen LogP) is 2.43. The van der Waals surface area contributed by atoms with Crippen molar-refractivity contribution in [1.29, 1.82) is 0 Å². The summed E-state index contributed by atoms with van der Waals surface area (Å²) in [5.41, 5.74) is 0. The molecule has 2 aromatic rings. The van der Waals surface area contributed by atoms with Gasteiger partial charge in [-0.15, -0.1) is 10.2 Å². The summed E-state index contributed by atoms with van der Waals surface area (Å²) in [4.78, 5) is 14.1. The number of nitrogens with zero attached hydrogens (tertiary/aromatic N) is 3. The van der Waals surface area contributed by atoms with Gasteiger partial charge in [-0.1, -0.05) is 11.8 Å². The van der Waals surface area contributed by atoms with Gasteiger partial charge in [0.05, 0.1) is 11.5 Å². The van der Waals surface area contributed by atoms with Crippen LogP contribution in [-0.2, 0) is 4.79 Å². The standard InChI is InChI=1S/C13H15N3O3S/c1-9(12(17)16-6-2-3-7-16)20-13-15-14-11(19-13)10-5-4-8-18-10/h4-5,8-9H,2-3,6-7H2,1H3. The number of amides is 1. The van der Waals surface area contributed by atoms with E-state index < -0.39 is 0 Å². The van der Waals surface area contributed by atoms with Crippen LogP contribution in [0.15, 0.2) is 32.5 Å². The highest BCUT2D eigenvalue weighted by Gasteiger charge is 2.25. The number of carbonyl (C=O) groups is 1. The van der Waals surface area contributed by atoms with Gasteiger partial charge in [-0.25, -0.2) is 0 Å². The molecule has 3 heterocycles. The molecule has 106 valence electrons. The van der Waals surface area contributed by atoms with Gasteiger partial charge in [-0.3, -0.25) is 4.79 Å². The number of carbonyl (C=O) groups excluding carboxylic acids is 1. The molecule has 1 atom stereocenters. The molecule has 3 rings (SSSR count). The Hall–Kier alpha value is -1.76. The quantitative estimate of drug-likeness (QED) is 0.806.